The molecule has 0 spiro atoms. The van der Waals surface area contributed by atoms with Crippen LogP contribution in [0.4, 0.5) is 17.1 Å². The summed E-state index contributed by atoms with van der Waals surface area (Å²) in [6.45, 7) is 4.44. The highest BCUT2D eigenvalue weighted by Gasteiger charge is 2.18. The quantitative estimate of drug-likeness (QED) is 0.169. The lowest BCUT2D eigenvalue weighted by atomic mass is 10.2. The van der Waals surface area contributed by atoms with Gasteiger partial charge in [0.2, 0.25) is 0 Å². The topological polar surface area (TPSA) is 152 Å². The summed E-state index contributed by atoms with van der Waals surface area (Å²) < 4.78 is 20.9. The molecule has 1 rings (SSSR count). The van der Waals surface area contributed by atoms with Crippen LogP contribution in [-0.4, -0.2) is 68.6 Å². The average Bonchev–Trinajstić information content (AvgIpc) is 2.71. The lowest BCUT2D eigenvalue weighted by Crippen LogP contribution is -2.15. The Morgan fingerprint density at radius 2 is 1.53 bits per heavy atom. The van der Waals surface area contributed by atoms with Gasteiger partial charge in [-0.25, -0.2) is 0 Å². The molecule has 1 aromatic rings. The molecule has 1 N–H and O–H groups in total. The second kappa shape index (κ2) is 15.1. The number of anilines is 1. The number of benzene rings is 1. The Hall–Kier alpha value is -2.83. The van der Waals surface area contributed by atoms with Crippen LogP contribution in [0, 0.1) is 20.2 Å². The molecule has 0 aliphatic rings. The number of nitrogens with zero attached hydrogens (tertiary/aromatic N) is 2. The third-order valence-corrected chi connectivity index (χ3v) is 3.64. The minimum atomic E-state index is -0.687. The summed E-state index contributed by atoms with van der Waals surface area (Å²) in [4.78, 5) is 31.5. The average molecular weight is 429 g/mol. The van der Waals surface area contributed by atoms with E-state index in [4.69, 9.17) is 18.9 Å². The molecule has 0 radical (unpaired) electrons. The minimum Gasteiger partial charge on any atom is -0.463 e. The number of carbonyl (C=O) groups excluding carboxylic acids is 1. The van der Waals surface area contributed by atoms with Crippen LogP contribution < -0.4 is 5.32 Å². The van der Waals surface area contributed by atoms with Gasteiger partial charge in [-0.2, -0.15) is 0 Å². The van der Waals surface area contributed by atoms with Crippen molar-refractivity contribution in [3.8, 4) is 0 Å². The van der Waals surface area contributed by atoms with E-state index in [1.807, 2.05) is 6.92 Å². The highest BCUT2D eigenvalue weighted by molar-refractivity contribution is 5.69. The largest absolute Gasteiger partial charge is 0.463 e. The predicted octanol–water partition coefficient (Wildman–Crippen LogP) is 2.31. The van der Waals surface area contributed by atoms with E-state index in [1.165, 1.54) is 12.1 Å². The fourth-order valence-electron chi connectivity index (χ4n) is 2.22. The highest BCUT2D eigenvalue weighted by atomic mass is 16.6. The molecular formula is C18H27N3O9. The van der Waals surface area contributed by atoms with Crippen molar-refractivity contribution >= 4 is 23.0 Å². The summed E-state index contributed by atoms with van der Waals surface area (Å²) >= 11 is 0. The van der Waals surface area contributed by atoms with Crippen molar-refractivity contribution in [1.29, 1.82) is 0 Å². The van der Waals surface area contributed by atoms with Crippen molar-refractivity contribution in [2.75, 3.05) is 58.1 Å². The molecule has 0 aromatic heterocycles. The van der Waals surface area contributed by atoms with Crippen molar-refractivity contribution in [1.82, 2.24) is 0 Å². The first-order chi connectivity index (χ1) is 14.5. The van der Waals surface area contributed by atoms with Gasteiger partial charge < -0.3 is 24.3 Å². The maximum absolute atomic E-state index is 11.1. The fraction of sp³-hybridized carbons (Fsp3) is 0.611. The lowest BCUT2D eigenvalue weighted by molar-refractivity contribution is -0.393. The van der Waals surface area contributed by atoms with Crippen LogP contribution in [-0.2, 0) is 23.7 Å². The van der Waals surface area contributed by atoms with Crippen molar-refractivity contribution < 1.29 is 33.6 Å². The van der Waals surface area contributed by atoms with Crippen LogP contribution in [0.5, 0.6) is 0 Å². The second-order valence-electron chi connectivity index (χ2n) is 5.95. The molecule has 0 bridgehead atoms. The lowest BCUT2D eigenvalue weighted by Gasteiger charge is -2.09. The number of carbonyl (C=O) groups is 1. The van der Waals surface area contributed by atoms with Gasteiger partial charge in [0.25, 0.3) is 11.4 Å². The maximum Gasteiger partial charge on any atom is 0.305 e. The molecule has 0 unspecified atom stereocenters. The number of esters is 1. The molecule has 0 fully saturated rings. The molecule has 30 heavy (non-hydrogen) atoms. The fourth-order valence-corrected chi connectivity index (χ4v) is 2.22. The van der Waals surface area contributed by atoms with E-state index >= 15 is 0 Å². The van der Waals surface area contributed by atoms with E-state index in [0.717, 1.165) is 12.5 Å². The third kappa shape index (κ3) is 10.6. The zero-order valence-electron chi connectivity index (χ0n) is 16.9. The van der Waals surface area contributed by atoms with Gasteiger partial charge in [-0.15, -0.1) is 0 Å². The Balaban J connectivity index is 2.04. The van der Waals surface area contributed by atoms with E-state index in [0.29, 0.717) is 46.0 Å². The number of nitro benzene ring substituents is 2. The summed E-state index contributed by atoms with van der Waals surface area (Å²) in [6.07, 6.45) is 1.16. The highest BCUT2D eigenvalue weighted by Crippen LogP contribution is 2.28. The minimum absolute atomic E-state index is 0.183. The number of rotatable bonds is 17. The summed E-state index contributed by atoms with van der Waals surface area (Å²) in [6, 6.07) is 3.40. The van der Waals surface area contributed by atoms with Crippen molar-refractivity contribution in [2.45, 2.75) is 19.8 Å². The molecule has 0 atom stereocenters. The first kappa shape index (κ1) is 25.2. The first-order valence-electron chi connectivity index (χ1n) is 9.51. The van der Waals surface area contributed by atoms with E-state index in [2.05, 4.69) is 5.32 Å². The molecular weight excluding hydrogens is 402 g/mol. The molecule has 0 heterocycles. The van der Waals surface area contributed by atoms with Crippen molar-refractivity contribution in [3.05, 3.63) is 38.4 Å². The normalized spacial score (nSPS) is 10.6. The van der Waals surface area contributed by atoms with Crippen LogP contribution in [0.3, 0.4) is 0 Å². The van der Waals surface area contributed by atoms with Gasteiger partial charge in [-0.3, -0.25) is 25.0 Å². The Bertz CT molecular complexity index is 685. The third-order valence-electron chi connectivity index (χ3n) is 3.64. The monoisotopic (exact) mass is 429 g/mol. The van der Waals surface area contributed by atoms with Gasteiger partial charge in [-0.05, 0) is 12.5 Å². The van der Waals surface area contributed by atoms with Crippen molar-refractivity contribution in [3.63, 3.8) is 0 Å². The number of hydrogen-bond donors (Lipinski definition) is 1. The van der Waals surface area contributed by atoms with Crippen LogP contribution >= 0.6 is 0 Å². The van der Waals surface area contributed by atoms with Crippen molar-refractivity contribution in [2.24, 2.45) is 0 Å². The Kier molecular flexibility index (Phi) is 12.7. The van der Waals surface area contributed by atoms with E-state index in [9.17, 15) is 25.0 Å². The Morgan fingerprint density at radius 1 is 0.933 bits per heavy atom. The molecule has 0 aliphatic heterocycles. The zero-order valence-corrected chi connectivity index (χ0v) is 16.9. The molecule has 168 valence electrons. The second-order valence-corrected chi connectivity index (χ2v) is 5.95. The smallest absolute Gasteiger partial charge is 0.305 e. The summed E-state index contributed by atoms with van der Waals surface area (Å²) in [5, 5.41) is 24.6. The van der Waals surface area contributed by atoms with Crippen LogP contribution in [0.2, 0.25) is 0 Å². The van der Waals surface area contributed by atoms with Gasteiger partial charge >= 0.3 is 5.97 Å². The van der Waals surface area contributed by atoms with Gasteiger partial charge in [0.15, 0.2) is 0 Å². The van der Waals surface area contributed by atoms with E-state index in [-0.39, 0.29) is 36.2 Å². The zero-order chi connectivity index (χ0) is 22.2. The van der Waals surface area contributed by atoms with Gasteiger partial charge in [-0.1, -0.05) is 6.92 Å². The number of non-ortho nitro benzene ring substituents is 1. The molecule has 0 aliphatic carbocycles. The molecule has 12 nitrogen and oxygen atoms in total. The van der Waals surface area contributed by atoms with E-state index in [1.54, 1.807) is 0 Å². The van der Waals surface area contributed by atoms with Gasteiger partial charge in [0.05, 0.1) is 55.6 Å². The summed E-state index contributed by atoms with van der Waals surface area (Å²) in [5.41, 5.74) is -0.530. The van der Waals surface area contributed by atoms with Crippen LogP contribution in [0.1, 0.15) is 19.8 Å². The Morgan fingerprint density at radius 3 is 2.10 bits per heavy atom. The standard InChI is InChI=1S/C18H27N3O9/c1-2-3-18(22)30-13-12-29-11-10-28-9-8-27-7-6-19-16-5-4-15(20(23)24)14-17(16)21(25)26/h4-5,14,19H,2-3,6-13H2,1H3. The molecule has 0 amide bonds. The molecule has 0 saturated carbocycles. The predicted molar refractivity (Wildman–Crippen MR) is 107 cm³/mol. The number of ether oxygens (including phenoxy) is 4. The number of nitrogens with one attached hydrogen (secondary N) is 1. The summed E-state index contributed by atoms with van der Waals surface area (Å²) in [5.74, 6) is -0.229. The van der Waals surface area contributed by atoms with Gasteiger partial charge in [0, 0.05) is 19.0 Å². The SMILES string of the molecule is CCCC(=O)OCCOCCOCCOCCNc1ccc([N+](=O)[O-])cc1[N+](=O)[O-]. The Labute approximate surface area is 173 Å². The van der Waals surface area contributed by atoms with Crippen LogP contribution in [0.15, 0.2) is 18.2 Å². The summed E-state index contributed by atoms with van der Waals surface area (Å²) in [7, 11) is 0. The first-order valence-corrected chi connectivity index (χ1v) is 9.51. The number of nitro groups is 2. The maximum atomic E-state index is 11.1. The van der Waals surface area contributed by atoms with Crippen LogP contribution in [0.25, 0.3) is 0 Å². The molecule has 12 heteroatoms. The van der Waals surface area contributed by atoms with Gasteiger partial charge in [0.1, 0.15) is 12.3 Å². The van der Waals surface area contributed by atoms with E-state index < -0.39 is 9.85 Å². The number of hydrogen-bond acceptors (Lipinski definition) is 10. The molecule has 0 saturated heterocycles. The molecule has 1 aromatic carbocycles.